The number of H-pyrrole nitrogens is 1. The second-order valence-electron chi connectivity index (χ2n) is 6.07. The van der Waals surface area contributed by atoms with Gasteiger partial charge in [0.1, 0.15) is 0 Å². The molecular weight excluding hydrogens is 274 g/mol. The van der Waals surface area contributed by atoms with Crippen molar-refractivity contribution in [2.75, 3.05) is 6.54 Å². The molecule has 0 saturated carbocycles. The molecule has 0 atom stereocenters. The van der Waals surface area contributed by atoms with E-state index in [1.165, 1.54) is 16.3 Å². The molecule has 3 aromatic rings. The molecule has 1 aliphatic heterocycles. The number of hydrogen-bond acceptors (Lipinski definition) is 2. The zero-order valence-corrected chi connectivity index (χ0v) is 12.7. The fourth-order valence-electron chi connectivity index (χ4n) is 3.37. The average molecular weight is 293 g/mol. The van der Waals surface area contributed by atoms with Gasteiger partial charge in [0.05, 0.1) is 5.69 Å². The van der Waals surface area contributed by atoms with Gasteiger partial charge in [-0.25, -0.2) is 0 Å². The van der Waals surface area contributed by atoms with E-state index in [4.69, 9.17) is 0 Å². The third-order valence-electron chi connectivity index (χ3n) is 4.57. The van der Waals surface area contributed by atoms with Crippen molar-refractivity contribution in [2.24, 2.45) is 7.05 Å². The molecule has 4 rings (SSSR count). The van der Waals surface area contributed by atoms with Crippen LogP contribution < -0.4 is 5.56 Å². The molecule has 1 aromatic heterocycles. The van der Waals surface area contributed by atoms with Crippen molar-refractivity contribution in [3.63, 3.8) is 0 Å². The van der Waals surface area contributed by atoms with Gasteiger partial charge in [-0.3, -0.25) is 19.5 Å². The normalized spacial score (nSPS) is 15.1. The summed E-state index contributed by atoms with van der Waals surface area (Å²) in [6, 6.07) is 15.1. The zero-order chi connectivity index (χ0) is 15.1. The molecule has 4 heteroatoms. The third-order valence-corrected chi connectivity index (χ3v) is 4.57. The van der Waals surface area contributed by atoms with Crippen LogP contribution in [0.15, 0.2) is 47.3 Å². The molecule has 0 spiro atoms. The van der Waals surface area contributed by atoms with Crippen molar-refractivity contribution in [3.05, 3.63) is 69.6 Å². The number of rotatable bonds is 2. The van der Waals surface area contributed by atoms with E-state index in [9.17, 15) is 4.79 Å². The van der Waals surface area contributed by atoms with Gasteiger partial charge in [0, 0.05) is 32.2 Å². The summed E-state index contributed by atoms with van der Waals surface area (Å²) < 4.78 is 1.87. The van der Waals surface area contributed by atoms with Crippen LogP contribution in [0.25, 0.3) is 10.8 Å². The summed E-state index contributed by atoms with van der Waals surface area (Å²) in [6.07, 6.45) is 0.832. The molecular formula is C18H19N3O. The number of nitrogens with zero attached hydrogens (tertiary/aromatic N) is 2. The number of aromatic nitrogens is 2. The molecule has 112 valence electrons. The van der Waals surface area contributed by atoms with Gasteiger partial charge in [0.2, 0.25) is 0 Å². The number of hydrogen-bond donors (Lipinski definition) is 1. The summed E-state index contributed by atoms with van der Waals surface area (Å²) in [4.78, 5) is 14.2. The minimum absolute atomic E-state index is 0.0721. The van der Waals surface area contributed by atoms with E-state index in [0.29, 0.717) is 0 Å². The van der Waals surface area contributed by atoms with E-state index in [0.717, 1.165) is 37.3 Å². The molecule has 2 aromatic carbocycles. The van der Waals surface area contributed by atoms with Crippen LogP contribution in [0.1, 0.15) is 16.8 Å². The highest BCUT2D eigenvalue weighted by Crippen LogP contribution is 2.20. The molecule has 1 N–H and O–H groups in total. The number of fused-ring (bicyclic) bond motifs is 2. The molecule has 4 nitrogen and oxygen atoms in total. The number of aryl methyl sites for hydroxylation is 1. The Kier molecular flexibility index (Phi) is 3.12. The van der Waals surface area contributed by atoms with Gasteiger partial charge >= 0.3 is 0 Å². The van der Waals surface area contributed by atoms with Crippen LogP contribution in [-0.4, -0.2) is 21.2 Å². The first-order chi connectivity index (χ1) is 10.7. The Morgan fingerprint density at radius 1 is 1.14 bits per heavy atom. The van der Waals surface area contributed by atoms with Gasteiger partial charge in [0.15, 0.2) is 0 Å². The molecule has 1 aliphatic rings. The minimum Gasteiger partial charge on any atom is -0.293 e. The first kappa shape index (κ1) is 13.3. The lowest BCUT2D eigenvalue weighted by Crippen LogP contribution is -2.32. The highest BCUT2D eigenvalue weighted by molar-refractivity contribution is 5.82. The van der Waals surface area contributed by atoms with Crippen LogP contribution in [0.4, 0.5) is 0 Å². The second kappa shape index (κ2) is 5.14. The largest absolute Gasteiger partial charge is 0.293 e. The molecule has 2 heterocycles. The Hall–Kier alpha value is -2.33. The van der Waals surface area contributed by atoms with E-state index in [-0.39, 0.29) is 5.56 Å². The smallest absolute Gasteiger partial charge is 0.267 e. The quantitative estimate of drug-likeness (QED) is 0.788. The predicted octanol–water partition coefficient (Wildman–Crippen LogP) is 2.42. The topological polar surface area (TPSA) is 41.0 Å². The van der Waals surface area contributed by atoms with Gasteiger partial charge in [-0.1, -0.05) is 36.4 Å². The summed E-state index contributed by atoms with van der Waals surface area (Å²) in [6.45, 7) is 2.69. The lowest BCUT2D eigenvalue weighted by molar-refractivity contribution is 0.238. The van der Waals surface area contributed by atoms with E-state index in [1.807, 2.05) is 11.7 Å². The molecule has 0 fully saturated rings. The fraction of sp³-hybridized carbons (Fsp3) is 0.278. The van der Waals surface area contributed by atoms with Gasteiger partial charge in [0.25, 0.3) is 5.56 Å². The van der Waals surface area contributed by atoms with Crippen LogP contribution in [-0.2, 0) is 26.6 Å². The maximum atomic E-state index is 11.8. The first-order valence-corrected chi connectivity index (χ1v) is 7.67. The number of aromatic amines is 1. The van der Waals surface area contributed by atoms with E-state index >= 15 is 0 Å². The van der Waals surface area contributed by atoms with Crippen LogP contribution in [0.5, 0.6) is 0 Å². The van der Waals surface area contributed by atoms with Crippen molar-refractivity contribution in [1.29, 1.82) is 0 Å². The Morgan fingerprint density at radius 3 is 2.82 bits per heavy atom. The summed E-state index contributed by atoms with van der Waals surface area (Å²) in [7, 11) is 1.92. The highest BCUT2D eigenvalue weighted by atomic mass is 16.1. The predicted molar refractivity (Wildman–Crippen MR) is 87.8 cm³/mol. The van der Waals surface area contributed by atoms with Crippen LogP contribution in [0.2, 0.25) is 0 Å². The molecule has 0 unspecified atom stereocenters. The second-order valence-corrected chi connectivity index (χ2v) is 6.07. The van der Waals surface area contributed by atoms with Gasteiger partial charge in [-0.15, -0.1) is 0 Å². The molecule has 0 saturated heterocycles. The first-order valence-electron chi connectivity index (χ1n) is 7.67. The van der Waals surface area contributed by atoms with Crippen molar-refractivity contribution in [1.82, 2.24) is 14.7 Å². The highest BCUT2D eigenvalue weighted by Gasteiger charge is 2.22. The van der Waals surface area contributed by atoms with Gasteiger partial charge in [-0.2, -0.15) is 0 Å². The lowest BCUT2D eigenvalue weighted by Gasteiger charge is -2.27. The van der Waals surface area contributed by atoms with Crippen molar-refractivity contribution < 1.29 is 0 Å². The lowest BCUT2D eigenvalue weighted by atomic mass is 10.0. The third kappa shape index (κ3) is 2.25. The van der Waals surface area contributed by atoms with Crippen molar-refractivity contribution in [3.8, 4) is 0 Å². The van der Waals surface area contributed by atoms with Gasteiger partial charge in [-0.05, 0) is 28.8 Å². The molecule has 0 bridgehead atoms. The Bertz CT molecular complexity index is 891. The summed E-state index contributed by atoms with van der Waals surface area (Å²) in [5.41, 5.74) is 3.47. The SMILES string of the molecule is Cn1[nH]c(=O)c2c1CN(Cc1ccc3ccccc3c1)CC2. The van der Waals surface area contributed by atoms with Crippen LogP contribution in [0, 0.1) is 0 Å². The van der Waals surface area contributed by atoms with Crippen LogP contribution >= 0.6 is 0 Å². The molecule has 0 aliphatic carbocycles. The number of benzene rings is 2. The number of nitrogens with one attached hydrogen (secondary N) is 1. The summed E-state index contributed by atoms with van der Waals surface area (Å²) in [5, 5.41) is 5.42. The molecule has 0 radical (unpaired) electrons. The Morgan fingerprint density at radius 2 is 1.95 bits per heavy atom. The molecule has 22 heavy (non-hydrogen) atoms. The standard InChI is InChI=1S/C18H19N3O/c1-20-17-12-21(9-8-16(17)18(22)19-20)11-13-6-7-14-4-2-3-5-15(14)10-13/h2-7,10H,8-9,11-12H2,1H3,(H,19,22). The van der Waals surface area contributed by atoms with Crippen molar-refractivity contribution >= 4 is 10.8 Å². The Labute approximate surface area is 129 Å². The Balaban J connectivity index is 1.58. The zero-order valence-electron chi connectivity index (χ0n) is 12.7. The molecule has 0 amide bonds. The van der Waals surface area contributed by atoms with E-state index in [1.54, 1.807) is 0 Å². The maximum absolute atomic E-state index is 11.8. The minimum atomic E-state index is 0.0721. The van der Waals surface area contributed by atoms with Gasteiger partial charge < -0.3 is 0 Å². The monoisotopic (exact) mass is 293 g/mol. The maximum Gasteiger partial charge on any atom is 0.267 e. The summed E-state index contributed by atoms with van der Waals surface area (Å²) >= 11 is 0. The fourth-order valence-corrected chi connectivity index (χ4v) is 3.37. The van der Waals surface area contributed by atoms with Crippen molar-refractivity contribution in [2.45, 2.75) is 19.5 Å². The van der Waals surface area contributed by atoms with E-state index in [2.05, 4.69) is 52.5 Å². The van der Waals surface area contributed by atoms with Crippen LogP contribution in [0.3, 0.4) is 0 Å². The van der Waals surface area contributed by atoms with E-state index < -0.39 is 0 Å². The average Bonchev–Trinajstić information content (AvgIpc) is 2.82. The summed E-state index contributed by atoms with van der Waals surface area (Å²) in [5.74, 6) is 0.